The fourth-order valence-electron chi connectivity index (χ4n) is 3.38. The van der Waals surface area contributed by atoms with Crippen molar-refractivity contribution in [3.05, 3.63) is 64.6 Å². The van der Waals surface area contributed by atoms with E-state index in [-0.39, 0.29) is 5.97 Å². The van der Waals surface area contributed by atoms with Gasteiger partial charge in [-0.05, 0) is 61.9 Å². The van der Waals surface area contributed by atoms with Gasteiger partial charge in [-0.15, -0.1) is 5.10 Å². The first-order valence-electron chi connectivity index (χ1n) is 9.71. The number of ether oxygens (including phenoxy) is 1. The highest BCUT2D eigenvalue weighted by atomic mass is 79.9. The Kier molecular flexibility index (Phi) is 7.48. The maximum absolute atomic E-state index is 12.4. The van der Waals surface area contributed by atoms with Crippen molar-refractivity contribution in [2.45, 2.75) is 26.2 Å². The van der Waals surface area contributed by atoms with Crippen LogP contribution in [0.3, 0.4) is 0 Å². The van der Waals surface area contributed by atoms with Gasteiger partial charge in [-0.25, -0.2) is 4.79 Å². The molecule has 0 aromatic heterocycles. The van der Waals surface area contributed by atoms with Gasteiger partial charge in [0.2, 0.25) is 5.84 Å². The van der Waals surface area contributed by atoms with E-state index in [2.05, 4.69) is 50.7 Å². The summed E-state index contributed by atoms with van der Waals surface area (Å²) < 4.78 is 6.22. The van der Waals surface area contributed by atoms with Crippen molar-refractivity contribution in [2.24, 2.45) is 11.0 Å². The van der Waals surface area contributed by atoms with Gasteiger partial charge >= 0.3 is 5.97 Å². The van der Waals surface area contributed by atoms with Gasteiger partial charge in [0, 0.05) is 17.6 Å². The molecular weight excluding hydrogens is 418 g/mol. The number of hydrogen-bond donors (Lipinski definition) is 1. The molecule has 3 rings (SSSR count). The first-order valence-corrected chi connectivity index (χ1v) is 10.5. The maximum Gasteiger partial charge on any atom is 0.375 e. The van der Waals surface area contributed by atoms with E-state index in [0.717, 1.165) is 42.5 Å². The van der Waals surface area contributed by atoms with Crippen molar-refractivity contribution in [1.29, 1.82) is 0 Å². The Bertz CT molecular complexity index is 785. The summed E-state index contributed by atoms with van der Waals surface area (Å²) >= 11 is 3.42. The number of rotatable bonds is 5. The van der Waals surface area contributed by atoms with Crippen molar-refractivity contribution < 1.29 is 9.53 Å². The molecule has 0 bridgehead atoms. The molecular formula is C22H26BrN3O2. The Morgan fingerprint density at radius 2 is 1.82 bits per heavy atom. The molecule has 1 heterocycles. The lowest BCUT2D eigenvalue weighted by atomic mass is 9.90. The second-order valence-corrected chi connectivity index (χ2v) is 7.81. The standard InChI is InChI=1S/C22H26BrN3O2/c1-2-28-22(27)21(25-24-20-10-8-19(23)9-11-20)26-14-12-18(13-15-26)16-17-6-4-3-5-7-17/h3-11,18,24H,2,12-16H2,1H3/b25-21+. The molecule has 6 heteroatoms. The molecule has 0 saturated carbocycles. The van der Waals surface area contributed by atoms with Crippen molar-refractivity contribution >= 4 is 33.4 Å². The number of anilines is 1. The van der Waals surface area contributed by atoms with E-state index in [1.54, 1.807) is 0 Å². The topological polar surface area (TPSA) is 53.9 Å². The second-order valence-electron chi connectivity index (χ2n) is 6.89. The molecule has 2 aromatic carbocycles. The third-order valence-electron chi connectivity index (χ3n) is 4.87. The minimum atomic E-state index is -0.381. The number of carbonyl (C=O) groups excluding carboxylic acids is 1. The van der Waals surface area contributed by atoms with E-state index in [9.17, 15) is 4.79 Å². The second kappa shape index (κ2) is 10.3. The quantitative estimate of drug-likeness (QED) is 0.315. The van der Waals surface area contributed by atoms with E-state index < -0.39 is 0 Å². The van der Waals surface area contributed by atoms with E-state index >= 15 is 0 Å². The molecule has 1 aliphatic heterocycles. The monoisotopic (exact) mass is 443 g/mol. The number of hydrogen-bond acceptors (Lipinski definition) is 4. The highest BCUT2D eigenvalue weighted by Crippen LogP contribution is 2.22. The SMILES string of the molecule is CCOC(=O)/C(=N\Nc1ccc(Br)cc1)N1CCC(Cc2ccccc2)CC1. The van der Waals surface area contributed by atoms with E-state index in [1.807, 2.05) is 42.2 Å². The first kappa shape index (κ1) is 20.4. The molecule has 148 valence electrons. The summed E-state index contributed by atoms with van der Waals surface area (Å²) in [5, 5.41) is 4.38. The van der Waals surface area contributed by atoms with Crippen LogP contribution in [0.25, 0.3) is 0 Å². The lowest BCUT2D eigenvalue weighted by Gasteiger charge is -2.33. The van der Waals surface area contributed by atoms with Gasteiger partial charge in [0.15, 0.2) is 0 Å². The van der Waals surface area contributed by atoms with Crippen molar-refractivity contribution in [1.82, 2.24) is 4.90 Å². The van der Waals surface area contributed by atoms with Crippen LogP contribution in [0.5, 0.6) is 0 Å². The Hall–Kier alpha value is -2.34. The van der Waals surface area contributed by atoms with Crippen LogP contribution in [0, 0.1) is 5.92 Å². The molecule has 0 unspecified atom stereocenters. The van der Waals surface area contributed by atoms with Gasteiger partial charge in [0.25, 0.3) is 0 Å². The highest BCUT2D eigenvalue weighted by molar-refractivity contribution is 9.10. The predicted octanol–water partition coefficient (Wildman–Crippen LogP) is 4.69. The number of halogens is 1. The molecule has 1 N–H and O–H groups in total. The van der Waals surface area contributed by atoms with Crippen LogP contribution in [-0.4, -0.2) is 36.4 Å². The summed E-state index contributed by atoms with van der Waals surface area (Å²) in [6, 6.07) is 18.2. The first-order chi connectivity index (χ1) is 13.7. The number of esters is 1. The van der Waals surface area contributed by atoms with Crippen LogP contribution in [0.15, 0.2) is 64.2 Å². The third-order valence-corrected chi connectivity index (χ3v) is 5.40. The van der Waals surface area contributed by atoms with Gasteiger partial charge in [-0.2, -0.15) is 0 Å². The molecule has 0 radical (unpaired) electrons. The summed E-state index contributed by atoms with van der Waals surface area (Å²) in [6.07, 6.45) is 3.15. The highest BCUT2D eigenvalue weighted by Gasteiger charge is 2.26. The molecule has 5 nitrogen and oxygen atoms in total. The fourth-order valence-corrected chi connectivity index (χ4v) is 3.64. The Morgan fingerprint density at radius 3 is 2.46 bits per heavy atom. The number of nitrogens with zero attached hydrogens (tertiary/aromatic N) is 2. The summed E-state index contributed by atoms with van der Waals surface area (Å²) in [7, 11) is 0. The van der Waals surface area contributed by atoms with E-state index in [0.29, 0.717) is 18.4 Å². The number of carbonyl (C=O) groups is 1. The minimum Gasteiger partial charge on any atom is -0.460 e. The molecule has 0 atom stereocenters. The minimum absolute atomic E-state index is 0.334. The van der Waals surface area contributed by atoms with Gasteiger partial charge < -0.3 is 9.64 Å². The summed E-state index contributed by atoms with van der Waals surface area (Å²) in [6.45, 7) is 3.75. The number of likely N-dealkylation sites (tertiary alicyclic amines) is 1. The summed E-state index contributed by atoms with van der Waals surface area (Å²) in [4.78, 5) is 14.5. The number of hydrazone groups is 1. The Balaban J connectivity index is 1.63. The summed E-state index contributed by atoms with van der Waals surface area (Å²) in [5.41, 5.74) is 5.18. The van der Waals surface area contributed by atoms with Crippen LogP contribution in [0.2, 0.25) is 0 Å². The van der Waals surface area contributed by atoms with Gasteiger partial charge in [0.05, 0.1) is 12.3 Å². The van der Waals surface area contributed by atoms with Crippen LogP contribution >= 0.6 is 15.9 Å². The van der Waals surface area contributed by atoms with Crippen LogP contribution < -0.4 is 5.43 Å². The van der Waals surface area contributed by atoms with Gasteiger partial charge in [-0.3, -0.25) is 5.43 Å². The number of piperidine rings is 1. The molecule has 0 amide bonds. The van der Waals surface area contributed by atoms with Gasteiger partial charge in [0.1, 0.15) is 0 Å². The number of benzene rings is 2. The zero-order valence-corrected chi connectivity index (χ0v) is 17.7. The fraction of sp³-hybridized carbons (Fsp3) is 0.364. The molecule has 2 aromatic rings. The molecule has 0 aliphatic carbocycles. The molecule has 1 fully saturated rings. The summed E-state index contributed by atoms with van der Waals surface area (Å²) in [5.74, 6) is 0.595. The molecule has 0 spiro atoms. The van der Waals surface area contributed by atoms with Gasteiger partial charge in [-0.1, -0.05) is 46.3 Å². The van der Waals surface area contributed by atoms with Crippen molar-refractivity contribution in [2.75, 3.05) is 25.1 Å². The molecule has 1 saturated heterocycles. The Morgan fingerprint density at radius 1 is 1.14 bits per heavy atom. The smallest absolute Gasteiger partial charge is 0.375 e. The number of nitrogens with one attached hydrogen (secondary N) is 1. The lowest BCUT2D eigenvalue weighted by Crippen LogP contribution is -2.43. The van der Waals surface area contributed by atoms with E-state index in [4.69, 9.17) is 4.74 Å². The largest absolute Gasteiger partial charge is 0.460 e. The zero-order chi connectivity index (χ0) is 19.8. The average molecular weight is 444 g/mol. The number of amidine groups is 1. The van der Waals surface area contributed by atoms with Crippen molar-refractivity contribution in [3.63, 3.8) is 0 Å². The maximum atomic E-state index is 12.4. The average Bonchev–Trinajstić information content (AvgIpc) is 2.72. The molecule has 1 aliphatic rings. The van der Waals surface area contributed by atoms with Crippen LogP contribution in [0.4, 0.5) is 5.69 Å². The lowest BCUT2D eigenvalue weighted by molar-refractivity contribution is -0.136. The Labute approximate surface area is 174 Å². The van der Waals surface area contributed by atoms with Crippen LogP contribution in [-0.2, 0) is 16.0 Å². The van der Waals surface area contributed by atoms with E-state index in [1.165, 1.54) is 5.56 Å². The third kappa shape index (κ3) is 5.83. The normalized spacial score (nSPS) is 15.4. The predicted molar refractivity (Wildman–Crippen MR) is 116 cm³/mol. The molecule has 28 heavy (non-hydrogen) atoms. The zero-order valence-electron chi connectivity index (χ0n) is 16.1. The van der Waals surface area contributed by atoms with Crippen molar-refractivity contribution in [3.8, 4) is 0 Å². The van der Waals surface area contributed by atoms with Crippen LogP contribution in [0.1, 0.15) is 25.3 Å².